The molecule has 1 aromatic heterocycles. The van der Waals surface area contributed by atoms with E-state index in [0.717, 1.165) is 11.7 Å². The van der Waals surface area contributed by atoms with Gasteiger partial charge in [0.25, 0.3) is 0 Å². The van der Waals surface area contributed by atoms with Crippen LogP contribution in [0, 0.1) is 0 Å². The molecule has 1 saturated heterocycles. The molecule has 1 aliphatic rings. The fourth-order valence-electron chi connectivity index (χ4n) is 2.78. The van der Waals surface area contributed by atoms with Crippen LogP contribution in [0.4, 0.5) is 4.79 Å². The van der Waals surface area contributed by atoms with E-state index < -0.39 is 11.6 Å². The summed E-state index contributed by atoms with van der Waals surface area (Å²) in [4.78, 5) is 25.4. The van der Waals surface area contributed by atoms with Crippen molar-refractivity contribution in [3.05, 3.63) is 5.69 Å². The number of β-amino-alcohol motifs (C(OH)–C–C–N with tert-alkyl or cyclic N) is 1. The molecule has 1 fully saturated rings. The third kappa shape index (κ3) is 9.33. The van der Waals surface area contributed by atoms with Gasteiger partial charge in [-0.2, -0.15) is 4.37 Å². The number of aromatic nitrogens is 2. The number of aliphatic hydroxyl groups is 1. The summed E-state index contributed by atoms with van der Waals surface area (Å²) in [5, 5.41) is 16.4. The molecule has 0 spiro atoms. The molecular formula is C19H33N5O6S. The monoisotopic (exact) mass is 459 g/mol. The number of aryl methyl sites for hydroxylation is 1. The third-order valence-electron chi connectivity index (χ3n) is 4.60. The number of nitrogens with one attached hydrogen (secondary N) is 2. The van der Waals surface area contributed by atoms with E-state index in [1.807, 2.05) is 13.8 Å². The summed E-state index contributed by atoms with van der Waals surface area (Å²) in [6, 6.07) is -0.117. The number of carbonyl (C=O) groups excluding carboxylic acids is 2. The first-order valence-electron chi connectivity index (χ1n) is 10.4. The highest BCUT2D eigenvalue weighted by molar-refractivity contribution is 6.99. The normalized spacial score (nSPS) is 15.4. The standard InChI is InChI=1S/C19H33N5O6S/c1-4-29-16(26)6-5-15-17(23-31-22-15)30-12-14(25)11-21-19(2,3)13-20-18(27)24-7-9-28-10-8-24/h14,21,25H,4-13H2,1-3H3,(H,20,27). The maximum absolute atomic E-state index is 12.2. The van der Waals surface area contributed by atoms with Gasteiger partial charge in [-0.1, -0.05) is 0 Å². The number of morpholine rings is 1. The zero-order chi connectivity index (χ0) is 22.7. The van der Waals surface area contributed by atoms with Gasteiger partial charge < -0.3 is 34.9 Å². The zero-order valence-corrected chi connectivity index (χ0v) is 19.2. The fraction of sp³-hybridized carbons (Fsp3) is 0.789. The van der Waals surface area contributed by atoms with Crippen LogP contribution in [0.5, 0.6) is 5.88 Å². The van der Waals surface area contributed by atoms with Gasteiger partial charge in [0.1, 0.15) is 18.4 Å². The van der Waals surface area contributed by atoms with Crippen molar-refractivity contribution in [2.45, 2.75) is 45.3 Å². The predicted molar refractivity (Wildman–Crippen MR) is 114 cm³/mol. The summed E-state index contributed by atoms with van der Waals surface area (Å²) in [7, 11) is 0. The molecule has 31 heavy (non-hydrogen) atoms. The van der Waals surface area contributed by atoms with Crippen molar-refractivity contribution in [2.75, 3.05) is 52.6 Å². The number of nitrogens with zero attached hydrogens (tertiary/aromatic N) is 3. The molecular weight excluding hydrogens is 426 g/mol. The Balaban J connectivity index is 1.68. The predicted octanol–water partition coefficient (Wildman–Crippen LogP) is 0.184. The summed E-state index contributed by atoms with van der Waals surface area (Å²) in [6.07, 6.45) is -0.215. The van der Waals surface area contributed by atoms with E-state index in [1.165, 1.54) is 0 Å². The van der Waals surface area contributed by atoms with Crippen LogP contribution in [-0.4, -0.2) is 95.0 Å². The highest BCUT2D eigenvalue weighted by Crippen LogP contribution is 2.17. The lowest BCUT2D eigenvalue weighted by atomic mass is 10.1. The summed E-state index contributed by atoms with van der Waals surface area (Å²) < 4.78 is 24.0. The molecule has 1 unspecified atom stereocenters. The highest BCUT2D eigenvalue weighted by Gasteiger charge is 2.23. The van der Waals surface area contributed by atoms with Gasteiger partial charge in [-0.15, -0.1) is 4.37 Å². The van der Waals surface area contributed by atoms with Crippen LogP contribution in [0.15, 0.2) is 0 Å². The molecule has 0 aromatic carbocycles. The summed E-state index contributed by atoms with van der Waals surface area (Å²) in [5.74, 6) is 0.0269. The van der Waals surface area contributed by atoms with E-state index in [2.05, 4.69) is 19.4 Å². The maximum Gasteiger partial charge on any atom is 0.317 e. The van der Waals surface area contributed by atoms with Gasteiger partial charge in [-0.05, 0) is 20.8 Å². The highest BCUT2D eigenvalue weighted by atomic mass is 32.1. The maximum atomic E-state index is 12.2. The third-order valence-corrected chi connectivity index (χ3v) is 5.15. The Kier molecular flexibility index (Phi) is 10.4. The number of carbonyl (C=O) groups is 2. The van der Waals surface area contributed by atoms with Crippen LogP contribution >= 0.6 is 11.7 Å². The molecule has 0 saturated carbocycles. The second kappa shape index (κ2) is 12.7. The first-order valence-corrected chi connectivity index (χ1v) is 11.2. The quantitative estimate of drug-likeness (QED) is 0.374. The van der Waals surface area contributed by atoms with Gasteiger partial charge in [0.2, 0.25) is 5.88 Å². The average molecular weight is 460 g/mol. The smallest absolute Gasteiger partial charge is 0.317 e. The van der Waals surface area contributed by atoms with Gasteiger partial charge in [0.15, 0.2) is 0 Å². The van der Waals surface area contributed by atoms with Gasteiger partial charge in [-0.3, -0.25) is 4.79 Å². The summed E-state index contributed by atoms with van der Waals surface area (Å²) >= 11 is 0.995. The molecule has 0 bridgehead atoms. The van der Waals surface area contributed by atoms with Crippen LogP contribution in [-0.2, 0) is 20.7 Å². The second-order valence-electron chi connectivity index (χ2n) is 7.81. The molecule has 176 valence electrons. The van der Waals surface area contributed by atoms with Crippen molar-refractivity contribution < 1.29 is 28.9 Å². The van der Waals surface area contributed by atoms with E-state index in [1.54, 1.807) is 11.8 Å². The van der Waals surface area contributed by atoms with Crippen molar-refractivity contribution >= 4 is 23.7 Å². The fourth-order valence-corrected chi connectivity index (χ4v) is 3.32. The molecule has 1 aliphatic heterocycles. The molecule has 0 aliphatic carbocycles. The van der Waals surface area contributed by atoms with Crippen LogP contribution < -0.4 is 15.4 Å². The minimum Gasteiger partial charge on any atom is -0.473 e. The minimum atomic E-state index is -0.783. The molecule has 11 nitrogen and oxygen atoms in total. The van der Waals surface area contributed by atoms with Gasteiger partial charge in [-0.25, -0.2) is 4.79 Å². The van der Waals surface area contributed by atoms with Crippen molar-refractivity contribution in [1.29, 1.82) is 0 Å². The van der Waals surface area contributed by atoms with Gasteiger partial charge >= 0.3 is 12.0 Å². The van der Waals surface area contributed by atoms with E-state index in [-0.39, 0.29) is 31.6 Å². The zero-order valence-electron chi connectivity index (χ0n) is 18.4. The number of hydrogen-bond acceptors (Lipinski definition) is 10. The molecule has 2 amide bonds. The Hall–Kier alpha value is -2.02. The lowest BCUT2D eigenvalue weighted by molar-refractivity contribution is -0.143. The first kappa shape index (κ1) is 25.2. The number of esters is 1. The molecule has 3 N–H and O–H groups in total. The lowest BCUT2D eigenvalue weighted by Crippen LogP contribution is -2.54. The largest absolute Gasteiger partial charge is 0.473 e. The minimum absolute atomic E-state index is 0.0288. The molecule has 12 heteroatoms. The number of aliphatic hydroxyl groups excluding tert-OH is 1. The van der Waals surface area contributed by atoms with Crippen LogP contribution in [0.3, 0.4) is 0 Å². The molecule has 1 atom stereocenters. The van der Waals surface area contributed by atoms with Crippen LogP contribution in [0.25, 0.3) is 0 Å². The topological polar surface area (TPSA) is 135 Å². The molecule has 2 rings (SSSR count). The van der Waals surface area contributed by atoms with Gasteiger partial charge in [0, 0.05) is 38.1 Å². The molecule has 1 aromatic rings. The van der Waals surface area contributed by atoms with E-state index >= 15 is 0 Å². The Morgan fingerprint density at radius 3 is 2.77 bits per heavy atom. The van der Waals surface area contributed by atoms with Crippen molar-refractivity contribution in [3.63, 3.8) is 0 Å². The average Bonchev–Trinajstić information content (AvgIpc) is 3.21. The van der Waals surface area contributed by atoms with Crippen molar-refractivity contribution in [3.8, 4) is 5.88 Å². The summed E-state index contributed by atoms with van der Waals surface area (Å²) in [6.45, 7) is 8.97. The Morgan fingerprint density at radius 1 is 1.32 bits per heavy atom. The lowest BCUT2D eigenvalue weighted by Gasteiger charge is -2.31. The Labute approximate surface area is 186 Å². The van der Waals surface area contributed by atoms with Crippen molar-refractivity contribution in [1.82, 2.24) is 24.3 Å². The number of urea groups is 1. The SMILES string of the molecule is CCOC(=O)CCc1nsnc1OCC(O)CNC(C)(C)CNC(=O)N1CCOCC1. The molecule has 0 radical (unpaired) electrons. The van der Waals surface area contributed by atoms with E-state index in [9.17, 15) is 14.7 Å². The van der Waals surface area contributed by atoms with Crippen molar-refractivity contribution in [2.24, 2.45) is 0 Å². The first-order chi connectivity index (χ1) is 14.8. The number of rotatable bonds is 12. The van der Waals surface area contributed by atoms with Crippen LogP contribution in [0.1, 0.15) is 32.9 Å². The van der Waals surface area contributed by atoms with E-state index in [4.69, 9.17) is 14.2 Å². The molecule has 2 heterocycles. The van der Waals surface area contributed by atoms with Gasteiger partial charge in [0.05, 0.1) is 38.0 Å². The van der Waals surface area contributed by atoms with E-state index in [0.29, 0.717) is 57.4 Å². The number of hydrogen-bond donors (Lipinski definition) is 3. The Bertz CT molecular complexity index is 695. The number of amides is 2. The Morgan fingerprint density at radius 2 is 2.06 bits per heavy atom. The second-order valence-corrected chi connectivity index (χ2v) is 8.34. The summed E-state index contributed by atoms with van der Waals surface area (Å²) in [5.41, 5.74) is 0.153. The number of ether oxygens (including phenoxy) is 3. The van der Waals surface area contributed by atoms with Crippen LogP contribution in [0.2, 0.25) is 0 Å².